The first-order valence-electron chi connectivity index (χ1n) is 12.0. The summed E-state index contributed by atoms with van der Waals surface area (Å²) in [6, 6.07) is 32.9. The van der Waals surface area contributed by atoms with Crippen molar-refractivity contribution in [3.63, 3.8) is 0 Å². The fraction of sp³-hybridized carbons (Fsp3) is 0.156. The van der Waals surface area contributed by atoms with Crippen LogP contribution in [0.2, 0.25) is 0 Å². The summed E-state index contributed by atoms with van der Waals surface area (Å²) in [4.78, 5) is 4.88. The average molecular weight is 476 g/mol. The van der Waals surface area contributed by atoms with E-state index in [0.717, 1.165) is 33.8 Å². The molecule has 0 N–H and O–H groups in total. The third-order valence-electron chi connectivity index (χ3n) is 6.51. The number of fused-ring (bicyclic) bond motifs is 1. The van der Waals surface area contributed by atoms with Gasteiger partial charge in [-0.3, -0.25) is 4.99 Å². The molecule has 4 nitrogen and oxygen atoms in total. The lowest BCUT2D eigenvalue weighted by Crippen LogP contribution is -2.18. The quantitative estimate of drug-likeness (QED) is 0.265. The molecule has 0 amide bonds. The van der Waals surface area contributed by atoms with Crippen molar-refractivity contribution in [2.75, 3.05) is 14.2 Å². The van der Waals surface area contributed by atoms with E-state index in [4.69, 9.17) is 19.2 Å². The Bertz CT molecular complexity index is 1420. The van der Waals surface area contributed by atoms with E-state index in [0.29, 0.717) is 18.0 Å². The fourth-order valence-corrected chi connectivity index (χ4v) is 4.69. The topological polar surface area (TPSA) is 40.0 Å². The van der Waals surface area contributed by atoms with E-state index in [-0.39, 0.29) is 5.92 Å². The molecule has 1 atom stereocenters. The van der Waals surface area contributed by atoms with Crippen LogP contribution < -0.4 is 14.2 Å². The normalized spacial score (nSPS) is 14.9. The Kier molecular flexibility index (Phi) is 6.85. The maximum atomic E-state index is 6.59. The highest BCUT2D eigenvalue weighted by molar-refractivity contribution is 5.94. The van der Waals surface area contributed by atoms with E-state index in [2.05, 4.69) is 55.5 Å². The fourth-order valence-electron chi connectivity index (χ4n) is 4.69. The van der Waals surface area contributed by atoms with E-state index in [1.54, 1.807) is 14.2 Å². The predicted octanol–water partition coefficient (Wildman–Crippen LogP) is 7.22. The minimum Gasteiger partial charge on any atom is -0.493 e. The largest absolute Gasteiger partial charge is 0.493 e. The van der Waals surface area contributed by atoms with E-state index < -0.39 is 0 Å². The second-order valence-corrected chi connectivity index (χ2v) is 8.74. The maximum absolute atomic E-state index is 6.59. The van der Waals surface area contributed by atoms with Crippen molar-refractivity contribution in [3.8, 4) is 17.2 Å². The summed E-state index contributed by atoms with van der Waals surface area (Å²) in [7, 11) is 3.28. The first-order valence-corrected chi connectivity index (χ1v) is 12.0. The standard InChI is InChI=1S/C32H29NO3/c1-22-11-7-8-14-25(22)31-26-15-9-10-16-28(26)36-32(24-17-18-29(34-2)30(19-24)35-3)27(31)21-33-20-23-12-5-4-6-13-23/h4-19,21,31H,20H2,1-3H3/t31-/m1/s1. The van der Waals surface area contributed by atoms with E-state index in [9.17, 15) is 0 Å². The number of nitrogens with zero attached hydrogens (tertiary/aromatic N) is 1. The zero-order valence-electron chi connectivity index (χ0n) is 20.8. The summed E-state index contributed by atoms with van der Waals surface area (Å²) in [5, 5.41) is 0. The third-order valence-corrected chi connectivity index (χ3v) is 6.51. The van der Waals surface area contributed by atoms with Gasteiger partial charge < -0.3 is 14.2 Å². The Morgan fingerprint density at radius 3 is 2.22 bits per heavy atom. The molecule has 0 unspecified atom stereocenters. The minimum atomic E-state index is -0.0289. The van der Waals surface area contributed by atoms with Gasteiger partial charge in [0.15, 0.2) is 11.5 Å². The van der Waals surface area contributed by atoms with Crippen LogP contribution in [0.15, 0.2) is 108 Å². The van der Waals surface area contributed by atoms with Crippen LogP contribution in [0.1, 0.15) is 33.7 Å². The lowest BCUT2D eigenvalue weighted by Gasteiger charge is -2.31. The van der Waals surface area contributed by atoms with Crippen molar-refractivity contribution in [2.24, 2.45) is 4.99 Å². The molecule has 0 aromatic heterocycles. The number of ether oxygens (including phenoxy) is 3. The smallest absolute Gasteiger partial charge is 0.161 e. The van der Waals surface area contributed by atoms with Crippen LogP contribution in [-0.2, 0) is 6.54 Å². The van der Waals surface area contributed by atoms with Crippen LogP contribution in [-0.4, -0.2) is 20.4 Å². The van der Waals surface area contributed by atoms with Crippen molar-refractivity contribution in [1.29, 1.82) is 0 Å². The summed E-state index contributed by atoms with van der Waals surface area (Å²) < 4.78 is 17.7. The molecule has 4 aromatic rings. The zero-order valence-corrected chi connectivity index (χ0v) is 20.8. The lowest BCUT2D eigenvalue weighted by molar-refractivity contribution is 0.354. The molecule has 180 valence electrons. The molecule has 0 saturated heterocycles. The van der Waals surface area contributed by atoms with Gasteiger partial charge >= 0.3 is 0 Å². The summed E-state index contributed by atoms with van der Waals surface area (Å²) in [5.41, 5.74) is 6.64. The third kappa shape index (κ3) is 4.63. The van der Waals surface area contributed by atoms with Crippen LogP contribution >= 0.6 is 0 Å². The second-order valence-electron chi connectivity index (χ2n) is 8.74. The number of rotatable bonds is 7. The monoisotopic (exact) mass is 475 g/mol. The summed E-state index contributed by atoms with van der Waals surface area (Å²) in [6.45, 7) is 2.74. The van der Waals surface area contributed by atoms with Crippen LogP contribution in [0.4, 0.5) is 0 Å². The molecule has 0 radical (unpaired) electrons. The van der Waals surface area contributed by atoms with Gasteiger partial charge in [0.05, 0.1) is 20.8 Å². The molecule has 36 heavy (non-hydrogen) atoms. The van der Waals surface area contributed by atoms with E-state index >= 15 is 0 Å². The zero-order chi connectivity index (χ0) is 24.9. The van der Waals surface area contributed by atoms with Crippen LogP contribution in [0.25, 0.3) is 5.76 Å². The van der Waals surface area contributed by atoms with Gasteiger partial charge in [-0.2, -0.15) is 0 Å². The molecule has 5 rings (SSSR count). The SMILES string of the molecule is COc1ccc(C2=C(C=NCc3ccccc3)[C@H](c3ccccc3C)c3ccccc3O2)cc1OC. The number of hydrogen-bond donors (Lipinski definition) is 0. The van der Waals surface area contributed by atoms with Gasteiger partial charge in [0.25, 0.3) is 0 Å². The van der Waals surface area contributed by atoms with Crippen molar-refractivity contribution in [2.45, 2.75) is 19.4 Å². The van der Waals surface area contributed by atoms with Gasteiger partial charge in [-0.05, 0) is 47.9 Å². The lowest BCUT2D eigenvalue weighted by atomic mass is 9.80. The van der Waals surface area contributed by atoms with Gasteiger partial charge in [0.1, 0.15) is 11.5 Å². The highest BCUT2D eigenvalue weighted by Gasteiger charge is 2.32. The Morgan fingerprint density at radius 1 is 0.778 bits per heavy atom. The predicted molar refractivity (Wildman–Crippen MR) is 145 cm³/mol. The first-order chi connectivity index (χ1) is 17.7. The molecule has 1 heterocycles. The molecular weight excluding hydrogens is 446 g/mol. The molecule has 0 fully saturated rings. The van der Waals surface area contributed by atoms with Gasteiger partial charge in [-0.1, -0.05) is 72.8 Å². The van der Waals surface area contributed by atoms with Gasteiger partial charge in [0, 0.05) is 28.8 Å². The molecule has 0 saturated carbocycles. The van der Waals surface area contributed by atoms with Crippen molar-refractivity contribution in [1.82, 2.24) is 0 Å². The number of hydrogen-bond acceptors (Lipinski definition) is 4. The molecular formula is C32H29NO3. The summed E-state index contributed by atoms with van der Waals surface area (Å²) >= 11 is 0. The van der Waals surface area contributed by atoms with Crippen molar-refractivity contribution >= 4 is 12.0 Å². The van der Waals surface area contributed by atoms with Gasteiger partial charge in [-0.25, -0.2) is 0 Å². The molecule has 4 aromatic carbocycles. The molecule has 1 aliphatic heterocycles. The van der Waals surface area contributed by atoms with Gasteiger partial charge in [-0.15, -0.1) is 0 Å². The first kappa shape index (κ1) is 23.4. The Hall–Kier alpha value is -4.31. The highest BCUT2D eigenvalue weighted by atomic mass is 16.5. The van der Waals surface area contributed by atoms with E-state index in [1.807, 2.05) is 54.7 Å². The number of methoxy groups -OCH3 is 2. The number of aliphatic imine (C=N–C) groups is 1. The van der Waals surface area contributed by atoms with Crippen molar-refractivity contribution in [3.05, 3.63) is 130 Å². The van der Waals surface area contributed by atoms with E-state index in [1.165, 1.54) is 11.1 Å². The summed E-state index contributed by atoms with van der Waals surface area (Å²) in [5.74, 6) is 2.90. The van der Waals surface area contributed by atoms with Crippen molar-refractivity contribution < 1.29 is 14.2 Å². The Labute approximate surface area is 212 Å². The molecule has 0 bridgehead atoms. The van der Waals surface area contributed by atoms with Gasteiger partial charge in [0.2, 0.25) is 0 Å². The number of allylic oxidation sites excluding steroid dienone is 1. The maximum Gasteiger partial charge on any atom is 0.161 e. The summed E-state index contributed by atoms with van der Waals surface area (Å²) in [6.07, 6.45) is 1.98. The van der Waals surface area contributed by atoms with Crippen LogP contribution in [0.3, 0.4) is 0 Å². The van der Waals surface area contributed by atoms with Crippen LogP contribution in [0, 0.1) is 6.92 Å². The number of benzene rings is 4. The minimum absolute atomic E-state index is 0.0289. The molecule has 0 aliphatic carbocycles. The Balaban J connectivity index is 1.70. The average Bonchev–Trinajstić information content (AvgIpc) is 2.93. The molecule has 1 aliphatic rings. The second kappa shape index (κ2) is 10.5. The van der Waals surface area contributed by atoms with Crippen LogP contribution in [0.5, 0.6) is 17.2 Å². The molecule has 0 spiro atoms. The molecule has 4 heteroatoms. The Morgan fingerprint density at radius 2 is 1.47 bits per heavy atom. The number of aryl methyl sites for hydroxylation is 1. The highest BCUT2D eigenvalue weighted by Crippen LogP contribution is 2.46. The number of para-hydroxylation sites is 1.